The van der Waals surface area contributed by atoms with Crippen LogP contribution in [0.3, 0.4) is 0 Å². The smallest absolute Gasteiger partial charge is 0.318 e. The van der Waals surface area contributed by atoms with Gasteiger partial charge in [-0.15, -0.1) is 16.2 Å². The molecule has 142 valence electrons. The Kier molecular flexibility index (Phi) is 4.85. The summed E-state index contributed by atoms with van der Waals surface area (Å²) < 4.78 is 0. The third kappa shape index (κ3) is 3.43. The highest BCUT2D eigenvalue weighted by atomic mass is 35.5. The first-order chi connectivity index (χ1) is 12.9. The summed E-state index contributed by atoms with van der Waals surface area (Å²) in [5.74, 6) is -0.660. The lowest BCUT2D eigenvalue weighted by Crippen LogP contribution is -2.22. The molecule has 0 atom stereocenters. The molecule has 1 aliphatic heterocycles. The predicted octanol–water partition coefficient (Wildman–Crippen LogP) is 6.09. The van der Waals surface area contributed by atoms with Gasteiger partial charge in [0.2, 0.25) is 0 Å². The lowest BCUT2D eigenvalue weighted by atomic mass is 9.75. The minimum absolute atomic E-state index is 0.120. The number of anilines is 1. The molecule has 0 saturated carbocycles. The van der Waals surface area contributed by atoms with Gasteiger partial charge in [-0.25, -0.2) is 0 Å². The lowest BCUT2D eigenvalue weighted by Gasteiger charge is -2.29. The number of benzene rings is 1. The number of amides is 1. The van der Waals surface area contributed by atoms with Gasteiger partial charge in [-0.3, -0.25) is 4.79 Å². The van der Waals surface area contributed by atoms with Gasteiger partial charge < -0.3 is 4.90 Å². The van der Waals surface area contributed by atoms with Crippen molar-refractivity contribution in [3.8, 4) is 10.4 Å². The Bertz CT molecular complexity index is 913. The summed E-state index contributed by atoms with van der Waals surface area (Å²) in [6.45, 7) is 6.43. The van der Waals surface area contributed by atoms with Crippen LogP contribution in [0.25, 0.3) is 10.4 Å². The highest BCUT2D eigenvalue weighted by Gasteiger charge is 2.34. The number of halogens is 1. The van der Waals surface area contributed by atoms with Crippen LogP contribution in [0.2, 0.25) is 5.02 Å². The van der Waals surface area contributed by atoms with E-state index in [0.717, 1.165) is 54.0 Å². The Morgan fingerprint density at radius 2 is 2.00 bits per heavy atom. The molecule has 0 N–H and O–H groups in total. The predicted molar refractivity (Wildman–Crippen MR) is 112 cm³/mol. The zero-order valence-electron chi connectivity index (χ0n) is 15.7. The van der Waals surface area contributed by atoms with Crippen molar-refractivity contribution in [3.63, 3.8) is 0 Å². The fourth-order valence-corrected chi connectivity index (χ4v) is 5.81. The standard InChI is InChI=1S/C21H23ClN2O2S/c1-21(2)8-7-17-15(12-21)18(20(25)23-26)19(27-17)14-11-13(22)5-6-16(14)24-9-3-4-10-24/h5-6,11H,3-4,7-10,12H2,1-2H3. The van der Waals surface area contributed by atoms with Crippen molar-refractivity contribution in [3.05, 3.63) is 44.1 Å². The van der Waals surface area contributed by atoms with Crippen LogP contribution in [0.15, 0.2) is 23.4 Å². The number of thiophene rings is 1. The second-order valence-electron chi connectivity index (χ2n) is 8.30. The highest BCUT2D eigenvalue weighted by molar-refractivity contribution is 7.16. The SMILES string of the molecule is CC1(C)CCc2sc(-c3cc(Cl)ccc3N3CCCC3)c(C(=O)N=O)c2C1. The van der Waals surface area contributed by atoms with Crippen LogP contribution in [0, 0.1) is 10.3 Å². The van der Waals surface area contributed by atoms with E-state index in [1.807, 2.05) is 18.2 Å². The van der Waals surface area contributed by atoms with Gasteiger partial charge in [0.05, 0.1) is 5.56 Å². The number of rotatable bonds is 3. The number of hydrogen-bond acceptors (Lipinski definition) is 4. The van der Waals surface area contributed by atoms with Crippen molar-refractivity contribution in [1.82, 2.24) is 0 Å². The van der Waals surface area contributed by atoms with E-state index in [1.54, 1.807) is 11.3 Å². The Balaban J connectivity index is 1.92. The Morgan fingerprint density at radius 3 is 2.70 bits per heavy atom. The third-order valence-electron chi connectivity index (χ3n) is 5.72. The number of aryl methyl sites for hydroxylation is 1. The van der Waals surface area contributed by atoms with E-state index in [2.05, 4.69) is 23.9 Å². The molecule has 2 heterocycles. The molecular formula is C21H23ClN2O2S. The topological polar surface area (TPSA) is 49.7 Å². The van der Waals surface area contributed by atoms with Crippen molar-refractivity contribution in [2.24, 2.45) is 10.6 Å². The van der Waals surface area contributed by atoms with Crippen LogP contribution < -0.4 is 4.90 Å². The molecule has 0 radical (unpaired) electrons. The molecule has 1 aliphatic carbocycles. The minimum Gasteiger partial charge on any atom is -0.371 e. The summed E-state index contributed by atoms with van der Waals surface area (Å²) in [5.41, 5.74) is 3.68. The van der Waals surface area contributed by atoms with Crippen LogP contribution in [0.5, 0.6) is 0 Å². The molecule has 4 rings (SSSR count). The van der Waals surface area contributed by atoms with Crippen LogP contribution >= 0.6 is 22.9 Å². The lowest BCUT2D eigenvalue weighted by molar-refractivity contribution is 0.1000. The molecular weight excluding hydrogens is 380 g/mol. The monoisotopic (exact) mass is 402 g/mol. The van der Waals surface area contributed by atoms with Crippen molar-refractivity contribution >= 4 is 34.5 Å². The molecule has 1 saturated heterocycles. The molecule has 0 unspecified atom stereocenters. The number of carbonyl (C=O) groups excluding carboxylic acids is 1. The van der Waals surface area contributed by atoms with Crippen molar-refractivity contribution in [2.45, 2.75) is 46.0 Å². The second kappa shape index (κ2) is 7.02. The molecule has 1 aromatic heterocycles. The first-order valence-electron chi connectivity index (χ1n) is 9.47. The Labute approximate surface area is 168 Å². The summed E-state index contributed by atoms with van der Waals surface area (Å²) in [7, 11) is 0. The zero-order chi connectivity index (χ0) is 19.2. The molecule has 2 aliphatic rings. The number of nitrogens with zero attached hydrogens (tertiary/aromatic N) is 2. The largest absolute Gasteiger partial charge is 0.371 e. The normalized spacial score (nSPS) is 18.4. The van der Waals surface area contributed by atoms with Crippen LogP contribution in [-0.4, -0.2) is 19.0 Å². The molecule has 6 heteroatoms. The van der Waals surface area contributed by atoms with Crippen LogP contribution in [0.1, 0.15) is 53.9 Å². The van der Waals surface area contributed by atoms with Gasteiger partial charge in [-0.05, 0) is 61.3 Å². The average molecular weight is 403 g/mol. The highest BCUT2D eigenvalue weighted by Crippen LogP contribution is 2.48. The van der Waals surface area contributed by atoms with Gasteiger partial charge in [0.15, 0.2) is 0 Å². The third-order valence-corrected chi connectivity index (χ3v) is 7.28. The summed E-state index contributed by atoms with van der Waals surface area (Å²) >= 11 is 7.96. The summed E-state index contributed by atoms with van der Waals surface area (Å²) in [4.78, 5) is 28.2. The van der Waals surface area contributed by atoms with E-state index in [-0.39, 0.29) is 5.41 Å². The van der Waals surface area contributed by atoms with Crippen molar-refractivity contribution in [1.29, 1.82) is 0 Å². The van der Waals surface area contributed by atoms with Gasteiger partial charge in [-0.2, -0.15) is 0 Å². The zero-order valence-corrected chi connectivity index (χ0v) is 17.3. The molecule has 2 aromatic rings. The van der Waals surface area contributed by atoms with Gasteiger partial charge in [0.1, 0.15) is 0 Å². The first-order valence-corrected chi connectivity index (χ1v) is 10.7. The van der Waals surface area contributed by atoms with E-state index in [9.17, 15) is 9.70 Å². The van der Waals surface area contributed by atoms with E-state index in [4.69, 9.17) is 11.6 Å². The maximum atomic E-state index is 12.6. The quantitative estimate of drug-likeness (QED) is 0.583. The van der Waals surface area contributed by atoms with Crippen LogP contribution in [0.4, 0.5) is 5.69 Å². The van der Waals surface area contributed by atoms with Gasteiger partial charge in [0.25, 0.3) is 0 Å². The van der Waals surface area contributed by atoms with E-state index in [0.29, 0.717) is 10.6 Å². The fourth-order valence-electron chi connectivity index (χ4n) is 4.31. The van der Waals surface area contributed by atoms with Crippen molar-refractivity contribution < 1.29 is 4.79 Å². The first kappa shape index (κ1) is 18.6. The van der Waals surface area contributed by atoms with Gasteiger partial charge in [-0.1, -0.05) is 25.4 Å². The molecule has 27 heavy (non-hydrogen) atoms. The number of hydrogen-bond donors (Lipinski definition) is 0. The average Bonchev–Trinajstić information content (AvgIpc) is 3.27. The summed E-state index contributed by atoms with van der Waals surface area (Å²) in [6, 6.07) is 5.86. The molecule has 0 spiro atoms. The molecule has 1 aromatic carbocycles. The van der Waals surface area contributed by atoms with Crippen LogP contribution in [-0.2, 0) is 12.8 Å². The number of fused-ring (bicyclic) bond motifs is 1. The van der Waals surface area contributed by atoms with E-state index >= 15 is 0 Å². The van der Waals surface area contributed by atoms with Gasteiger partial charge >= 0.3 is 5.91 Å². The summed E-state index contributed by atoms with van der Waals surface area (Å²) in [5, 5.41) is 3.43. The molecule has 1 fully saturated rings. The summed E-state index contributed by atoms with van der Waals surface area (Å²) in [6.07, 6.45) is 5.15. The molecule has 0 bridgehead atoms. The molecule has 4 nitrogen and oxygen atoms in total. The molecule has 1 amide bonds. The Hall–Kier alpha value is -1.72. The second-order valence-corrected chi connectivity index (χ2v) is 9.84. The maximum Gasteiger partial charge on any atom is 0.318 e. The Morgan fingerprint density at radius 1 is 1.26 bits per heavy atom. The number of nitroso groups, excluding NO2 is 1. The van der Waals surface area contributed by atoms with Crippen molar-refractivity contribution in [2.75, 3.05) is 18.0 Å². The van der Waals surface area contributed by atoms with E-state index < -0.39 is 5.91 Å². The number of carbonyl (C=O) groups is 1. The minimum atomic E-state index is -0.660. The maximum absolute atomic E-state index is 12.6. The fraction of sp³-hybridized carbons (Fsp3) is 0.476. The van der Waals surface area contributed by atoms with E-state index in [1.165, 1.54) is 17.7 Å². The van der Waals surface area contributed by atoms with Gasteiger partial charge in [0, 0.05) is 44.3 Å².